The van der Waals surface area contributed by atoms with Gasteiger partial charge in [-0.3, -0.25) is 9.69 Å². The molecule has 0 aromatic heterocycles. The van der Waals surface area contributed by atoms with Gasteiger partial charge in [-0.2, -0.15) is 0 Å². The molecule has 1 atom stereocenters. The Kier molecular flexibility index (Phi) is 6.53. The fourth-order valence-electron chi connectivity index (χ4n) is 4.06. The zero-order valence-corrected chi connectivity index (χ0v) is 18.1. The molecule has 1 fully saturated rings. The molecule has 1 aliphatic heterocycles. The van der Waals surface area contributed by atoms with Crippen LogP contribution in [0.5, 0.6) is 5.75 Å². The molecule has 3 aromatic rings. The third-order valence-corrected chi connectivity index (χ3v) is 5.78. The molecule has 1 saturated heterocycles. The van der Waals surface area contributed by atoms with Crippen LogP contribution in [0, 0.1) is 6.92 Å². The standard InChI is InChI=1S/C26H29N3O2/c1-20-11-13-22(14-12-20)27-26(30)25(21-7-4-3-5-8-21)29-17-15-28(16-18-29)23-9-6-10-24(19-23)31-2/h3-14,19,25H,15-18H2,1-2H3,(H,27,30). The number of nitrogens with one attached hydrogen (secondary N) is 1. The normalized spacial score (nSPS) is 15.4. The highest BCUT2D eigenvalue weighted by Gasteiger charge is 2.30. The molecule has 1 unspecified atom stereocenters. The first-order valence-corrected chi connectivity index (χ1v) is 10.7. The van der Waals surface area contributed by atoms with E-state index in [-0.39, 0.29) is 11.9 Å². The average Bonchev–Trinajstić information content (AvgIpc) is 2.82. The van der Waals surface area contributed by atoms with E-state index in [4.69, 9.17) is 4.74 Å². The number of amides is 1. The Hall–Kier alpha value is -3.31. The summed E-state index contributed by atoms with van der Waals surface area (Å²) in [5.74, 6) is 0.865. The number of methoxy groups -OCH3 is 1. The van der Waals surface area contributed by atoms with E-state index >= 15 is 0 Å². The molecule has 0 bridgehead atoms. The number of ether oxygens (including phenoxy) is 1. The van der Waals surface area contributed by atoms with Gasteiger partial charge in [0.05, 0.1) is 7.11 Å². The van der Waals surface area contributed by atoms with E-state index in [1.807, 2.05) is 73.7 Å². The SMILES string of the molecule is COc1cccc(N2CCN(C(C(=O)Nc3ccc(C)cc3)c3ccccc3)CC2)c1. The fraction of sp³-hybridized carbons (Fsp3) is 0.269. The van der Waals surface area contributed by atoms with Crippen molar-refractivity contribution in [3.05, 3.63) is 90.0 Å². The second kappa shape index (κ2) is 9.67. The maximum Gasteiger partial charge on any atom is 0.246 e. The Bertz CT molecular complexity index is 997. The number of rotatable bonds is 6. The Morgan fingerprint density at radius 1 is 0.903 bits per heavy atom. The zero-order chi connectivity index (χ0) is 21.6. The lowest BCUT2D eigenvalue weighted by Gasteiger charge is -2.39. The molecule has 31 heavy (non-hydrogen) atoms. The summed E-state index contributed by atoms with van der Waals surface area (Å²) in [7, 11) is 1.69. The minimum Gasteiger partial charge on any atom is -0.497 e. The quantitative estimate of drug-likeness (QED) is 0.644. The second-order valence-electron chi connectivity index (χ2n) is 7.89. The molecule has 5 heteroatoms. The summed E-state index contributed by atoms with van der Waals surface area (Å²) in [5.41, 5.74) is 4.17. The molecule has 1 aliphatic rings. The summed E-state index contributed by atoms with van der Waals surface area (Å²) in [6.45, 7) is 5.36. The molecular formula is C26H29N3O2. The Morgan fingerprint density at radius 3 is 2.29 bits per heavy atom. The van der Waals surface area contributed by atoms with E-state index < -0.39 is 0 Å². The molecule has 0 radical (unpaired) electrons. The summed E-state index contributed by atoms with van der Waals surface area (Å²) in [6.07, 6.45) is 0. The van der Waals surface area contributed by atoms with Crippen molar-refractivity contribution in [2.75, 3.05) is 43.5 Å². The molecule has 160 valence electrons. The molecule has 0 saturated carbocycles. The number of benzene rings is 3. The number of anilines is 2. The van der Waals surface area contributed by atoms with Gasteiger partial charge >= 0.3 is 0 Å². The number of nitrogens with zero attached hydrogens (tertiary/aromatic N) is 2. The molecule has 5 nitrogen and oxygen atoms in total. The van der Waals surface area contributed by atoms with E-state index in [1.54, 1.807) is 7.11 Å². The number of hydrogen-bond acceptors (Lipinski definition) is 4. The van der Waals surface area contributed by atoms with E-state index in [0.29, 0.717) is 0 Å². The fourth-order valence-corrected chi connectivity index (χ4v) is 4.06. The van der Waals surface area contributed by atoms with Crippen LogP contribution in [0.2, 0.25) is 0 Å². The van der Waals surface area contributed by atoms with E-state index in [1.165, 1.54) is 5.56 Å². The van der Waals surface area contributed by atoms with Crippen LogP contribution in [0.4, 0.5) is 11.4 Å². The van der Waals surface area contributed by atoms with Crippen molar-refractivity contribution in [1.82, 2.24) is 4.90 Å². The molecule has 3 aromatic carbocycles. The number of piperazine rings is 1. The largest absolute Gasteiger partial charge is 0.497 e. The van der Waals surface area contributed by atoms with Gasteiger partial charge in [-0.15, -0.1) is 0 Å². The molecule has 1 amide bonds. The zero-order valence-electron chi connectivity index (χ0n) is 18.1. The first kappa shape index (κ1) is 20.9. The summed E-state index contributed by atoms with van der Waals surface area (Å²) in [6, 6.07) is 25.8. The highest BCUT2D eigenvalue weighted by Crippen LogP contribution is 2.27. The van der Waals surface area contributed by atoms with Crippen LogP contribution in [0.15, 0.2) is 78.9 Å². The lowest BCUT2D eigenvalue weighted by molar-refractivity contribution is -0.121. The number of carbonyl (C=O) groups is 1. The van der Waals surface area contributed by atoms with Crippen LogP contribution in [0.1, 0.15) is 17.2 Å². The van der Waals surface area contributed by atoms with Crippen LogP contribution < -0.4 is 15.0 Å². The van der Waals surface area contributed by atoms with Crippen molar-refractivity contribution in [2.24, 2.45) is 0 Å². The van der Waals surface area contributed by atoms with Crippen LogP contribution in [-0.2, 0) is 4.79 Å². The summed E-state index contributed by atoms with van der Waals surface area (Å²) in [5, 5.41) is 3.11. The van der Waals surface area contributed by atoms with Gasteiger partial charge in [-0.1, -0.05) is 54.1 Å². The number of carbonyl (C=O) groups excluding carboxylic acids is 1. The highest BCUT2D eigenvalue weighted by atomic mass is 16.5. The van der Waals surface area contributed by atoms with Gasteiger partial charge in [-0.05, 0) is 36.8 Å². The van der Waals surface area contributed by atoms with Gasteiger partial charge < -0.3 is 15.0 Å². The smallest absolute Gasteiger partial charge is 0.246 e. The third-order valence-electron chi connectivity index (χ3n) is 5.78. The van der Waals surface area contributed by atoms with Crippen molar-refractivity contribution in [3.63, 3.8) is 0 Å². The van der Waals surface area contributed by atoms with Crippen molar-refractivity contribution in [1.29, 1.82) is 0 Å². The van der Waals surface area contributed by atoms with E-state index in [0.717, 1.165) is 48.9 Å². The van der Waals surface area contributed by atoms with Crippen molar-refractivity contribution in [2.45, 2.75) is 13.0 Å². The molecule has 1 N–H and O–H groups in total. The maximum atomic E-state index is 13.3. The van der Waals surface area contributed by atoms with Crippen molar-refractivity contribution in [3.8, 4) is 5.75 Å². The molecule has 0 aliphatic carbocycles. The van der Waals surface area contributed by atoms with Crippen LogP contribution in [0.25, 0.3) is 0 Å². The Balaban J connectivity index is 1.50. The van der Waals surface area contributed by atoms with Gasteiger partial charge in [0, 0.05) is 43.6 Å². The van der Waals surface area contributed by atoms with Crippen molar-refractivity contribution >= 4 is 17.3 Å². The van der Waals surface area contributed by atoms with E-state index in [9.17, 15) is 4.79 Å². The van der Waals surface area contributed by atoms with Gasteiger partial charge in [-0.25, -0.2) is 0 Å². The van der Waals surface area contributed by atoms with E-state index in [2.05, 4.69) is 27.2 Å². The predicted molar refractivity (Wildman–Crippen MR) is 126 cm³/mol. The molecule has 4 rings (SSSR count). The van der Waals surface area contributed by atoms with Gasteiger partial charge in [0.2, 0.25) is 5.91 Å². The highest BCUT2D eigenvalue weighted by molar-refractivity contribution is 5.95. The predicted octanol–water partition coefficient (Wildman–Crippen LogP) is 4.51. The van der Waals surface area contributed by atoms with Crippen LogP contribution >= 0.6 is 0 Å². The summed E-state index contributed by atoms with van der Waals surface area (Å²) < 4.78 is 5.37. The molecule has 1 heterocycles. The third kappa shape index (κ3) is 5.06. The van der Waals surface area contributed by atoms with Crippen LogP contribution in [-0.4, -0.2) is 44.1 Å². The topological polar surface area (TPSA) is 44.8 Å². The average molecular weight is 416 g/mol. The Morgan fingerprint density at radius 2 is 1.61 bits per heavy atom. The summed E-state index contributed by atoms with van der Waals surface area (Å²) >= 11 is 0. The first-order chi connectivity index (χ1) is 15.1. The van der Waals surface area contributed by atoms with Gasteiger partial charge in [0.25, 0.3) is 0 Å². The summed E-state index contributed by atoms with van der Waals surface area (Å²) in [4.78, 5) is 18.0. The molecule has 0 spiro atoms. The lowest BCUT2D eigenvalue weighted by atomic mass is 10.0. The molecular weight excluding hydrogens is 386 g/mol. The second-order valence-corrected chi connectivity index (χ2v) is 7.89. The van der Waals surface area contributed by atoms with Gasteiger partial charge in [0.1, 0.15) is 11.8 Å². The lowest BCUT2D eigenvalue weighted by Crippen LogP contribution is -2.50. The van der Waals surface area contributed by atoms with Crippen molar-refractivity contribution < 1.29 is 9.53 Å². The Labute approximate surface area is 184 Å². The monoisotopic (exact) mass is 415 g/mol. The van der Waals surface area contributed by atoms with Crippen LogP contribution in [0.3, 0.4) is 0 Å². The minimum absolute atomic E-state index is 0.00452. The number of hydrogen-bond donors (Lipinski definition) is 1. The van der Waals surface area contributed by atoms with Gasteiger partial charge in [0.15, 0.2) is 0 Å². The minimum atomic E-state index is -0.324. The first-order valence-electron chi connectivity index (χ1n) is 10.7. The number of aryl methyl sites for hydroxylation is 1. The maximum absolute atomic E-state index is 13.3.